The van der Waals surface area contributed by atoms with Crippen molar-refractivity contribution in [3.8, 4) is 0 Å². The number of hydrogen-bond donors (Lipinski definition) is 1. The van der Waals surface area contributed by atoms with Gasteiger partial charge in [-0.1, -0.05) is 6.58 Å². The molecule has 0 fully saturated rings. The number of aliphatic carboxylic acids is 1. The monoisotopic (exact) mass is 201 g/mol. The van der Waals surface area contributed by atoms with Crippen molar-refractivity contribution in [1.82, 2.24) is 4.90 Å². The molecule has 0 aliphatic rings. The van der Waals surface area contributed by atoms with Gasteiger partial charge in [-0.2, -0.15) is 0 Å². The Morgan fingerprint density at radius 2 is 1.57 bits per heavy atom. The van der Waals surface area contributed by atoms with Crippen LogP contribution in [0.15, 0.2) is 12.7 Å². The van der Waals surface area contributed by atoms with E-state index >= 15 is 0 Å². The van der Waals surface area contributed by atoms with Crippen molar-refractivity contribution in [2.45, 2.75) is 20.8 Å². The fourth-order valence-electron chi connectivity index (χ4n) is 0.667. The van der Waals surface area contributed by atoms with E-state index in [2.05, 4.69) is 6.58 Å². The number of carboxylic acid groups (broad SMARTS) is 1. The number of imide groups is 1. The zero-order valence-corrected chi connectivity index (χ0v) is 8.61. The Morgan fingerprint density at radius 3 is 1.57 bits per heavy atom. The number of carbonyl (C=O) groups is 3. The molecule has 0 unspecified atom stereocenters. The lowest BCUT2D eigenvalue weighted by Gasteiger charge is -2.12. The summed E-state index contributed by atoms with van der Waals surface area (Å²) in [7, 11) is 0. The number of rotatable bonds is 2. The number of hydrogen-bond acceptors (Lipinski definition) is 3. The molecule has 0 bridgehead atoms. The number of nitrogens with zero attached hydrogens (tertiary/aromatic N) is 1. The standard InChI is InChI=1S/C6H11NO2.C3H4O2/c1-4-7(5(2)8)6(3)9;1-2-3(4)5/h4H2,1-3H3;2H,1H2,(H,4,5). The Morgan fingerprint density at radius 1 is 1.29 bits per heavy atom. The van der Waals surface area contributed by atoms with Crippen LogP contribution >= 0.6 is 0 Å². The highest BCUT2D eigenvalue weighted by atomic mass is 16.4. The lowest BCUT2D eigenvalue weighted by Crippen LogP contribution is -2.32. The maximum absolute atomic E-state index is 10.5. The van der Waals surface area contributed by atoms with E-state index in [0.717, 1.165) is 6.08 Å². The van der Waals surface area contributed by atoms with E-state index in [1.54, 1.807) is 6.92 Å². The number of carbonyl (C=O) groups excluding carboxylic acids is 2. The average molecular weight is 201 g/mol. The van der Waals surface area contributed by atoms with Crippen LogP contribution < -0.4 is 0 Å². The fraction of sp³-hybridized carbons (Fsp3) is 0.444. The number of carboxylic acids is 1. The van der Waals surface area contributed by atoms with Crippen molar-refractivity contribution >= 4 is 17.8 Å². The first kappa shape index (κ1) is 14.9. The molecule has 0 aromatic heterocycles. The lowest BCUT2D eigenvalue weighted by atomic mass is 10.5. The first-order chi connectivity index (χ1) is 6.36. The highest BCUT2D eigenvalue weighted by molar-refractivity contribution is 5.92. The summed E-state index contributed by atoms with van der Waals surface area (Å²) in [5, 5.41) is 7.60. The maximum Gasteiger partial charge on any atom is 0.327 e. The Hall–Kier alpha value is -1.65. The molecule has 0 rings (SSSR count). The second kappa shape index (κ2) is 7.97. The first-order valence-electron chi connectivity index (χ1n) is 4.00. The van der Waals surface area contributed by atoms with Gasteiger partial charge in [-0.05, 0) is 6.92 Å². The van der Waals surface area contributed by atoms with E-state index in [1.165, 1.54) is 18.7 Å². The highest BCUT2D eigenvalue weighted by Gasteiger charge is 2.08. The molecule has 80 valence electrons. The predicted molar refractivity (Wildman–Crippen MR) is 51.6 cm³/mol. The molecule has 0 aromatic rings. The molecule has 0 saturated heterocycles. The lowest BCUT2D eigenvalue weighted by molar-refractivity contribution is -0.141. The third kappa shape index (κ3) is 8.45. The zero-order valence-electron chi connectivity index (χ0n) is 8.61. The van der Waals surface area contributed by atoms with Crippen LogP contribution in [-0.2, 0) is 14.4 Å². The summed E-state index contributed by atoms with van der Waals surface area (Å²) in [5.41, 5.74) is 0. The van der Waals surface area contributed by atoms with E-state index < -0.39 is 5.97 Å². The molecule has 0 atom stereocenters. The Kier molecular flexibility index (Phi) is 8.46. The van der Waals surface area contributed by atoms with Crippen molar-refractivity contribution < 1.29 is 19.5 Å². The fourth-order valence-corrected chi connectivity index (χ4v) is 0.667. The molecule has 0 heterocycles. The van der Waals surface area contributed by atoms with Gasteiger partial charge in [0.2, 0.25) is 11.8 Å². The summed E-state index contributed by atoms with van der Waals surface area (Å²) in [5.74, 6) is -1.36. The highest BCUT2D eigenvalue weighted by Crippen LogP contribution is 1.87. The average Bonchev–Trinajstić information content (AvgIpc) is 2.05. The van der Waals surface area contributed by atoms with Crippen LogP contribution in [0, 0.1) is 0 Å². The molecule has 5 nitrogen and oxygen atoms in total. The molecule has 0 spiro atoms. The molecular weight excluding hydrogens is 186 g/mol. The van der Waals surface area contributed by atoms with Gasteiger partial charge in [-0.15, -0.1) is 0 Å². The summed E-state index contributed by atoms with van der Waals surface area (Å²) in [6.45, 7) is 7.95. The van der Waals surface area contributed by atoms with Crippen molar-refractivity contribution in [2.24, 2.45) is 0 Å². The van der Waals surface area contributed by atoms with Crippen LogP contribution in [0.2, 0.25) is 0 Å². The molecule has 0 aromatic carbocycles. The van der Waals surface area contributed by atoms with E-state index in [1.807, 2.05) is 0 Å². The van der Waals surface area contributed by atoms with Crippen molar-refractivity contribution in [3.05, 3.63) is 12.7 Å². The summed E-state index contributed by atoms with van der Waals surface area (Å²) in [6.07, 6.45) is 0.833. The van der Waals surface area contributed by atoms with Gasteiger partial charge in [0.15, 0.2) is 0 Å². The third-order valence-electron chi connectivity index (χ3n) is 1.25. The van der Waals surface area contributed by atoms with Crippen LogP contribution in [0.1, 0.15) is 20.8 Å². The smallest absolute Gasteiger partial charge is 0.327 e. The summed E-state index contributed by atoms with van der Waals surface area (Å²) in [4.78, 5) is 31.5. The van der Waals surface area contributed by atoms with Crippen LogP contribution in [0.4, 0.5) is 0 Å². The van der Waals surface area contributed by atoms with Crippen LogP contribution in [0.3, 0.4) is 0 Å². The van der Waals surface area contributed by atoms with Crippen molar-refractivity contribution in [3.63, 3.8) is 0 Å². The predicted octanol–water partition coefficient (Wildman–Crippen LogP) is 0.658. The summed E-state index contributed by atoms with van der Waals surface area (Å²) < 4.78 is 0. The molecule has 5 heteroatoms. The van der Waals surface area contributed by atoms with E-state index in [-0.39, 0.29) is 11.8 Å². The van der Waals surface area contributed by atoms with Gasteiger partial charge in [0, 0.05) is 26.5 Å². The van der Waals surface area contributed by atoms with Gasteiger partial charge >= 0.3 is 5.97 Å². The molecule has 14 heavy (non-hydrogen) atoms. The molecule has 0 aliphatic heterocycles. The zero-order chi connectivity index (χ0) is 11.7. The van der Waals surface area contributed by atoms with Crippen molar-refractivity contribution in [1.29, 1.82) is 0 Å². The first-order valence-corrected chi connectivity index (χ1v) is 4.00. The van der Waals surface area contributed by atoms with Gasteiger partial charge in [-0.3, -0.25) is 14.5 Å². The van der Waals surface area contributed by atoms with Gasteiger partial charge < -0.3 is 5.11 Å². The molecule has 1 N–H and O–H groups in total. The van der Waals surface area contributed by atoms with Crippen LogP contribution in [-0.4, -0.2) is 34.3 Å². The van der Waals surface area contributed by atoms with Gasteiger partial charge in [0.25, 0.3) is 0 Å². The minimum atomic E-state index is -0.981. The normalized spacial score (nSPS) is 7.93. The number of amides is 2. The van der Waals surface area contributed by atoms with Crippen LogP contribution in [0.25, 0.3) is 0 Å². The summed E-state index contributed by atoms with van der Waals surface area (Å²) >= 11 is 0. The SMILES string of the molecule is C=CC(=O)O.CCN(C(C)=O)C(C)=O. The summed E-state index contributed by atoms with van der Waals surface area (Å²) in [6, 6.07) is 0. The minimum Gasteiger partial charge on any atom is -0.478 e. The Bertz CT molecular complexity index is 221. The van der Waals surface area contributed by atoms with Gasteiger partial charge in [0.05, 0.1) is 0 Å². The van der Waals surface area contributed by atoms with Gasteiger partial charge in [-0.25, -0.2) is 4.79 Å². The molecule has 0 radical (unpaired) electrons. The van der Waals surface area contributed by atoms with E-state index in [0.29, 0.717) is 6.54 Å². The molecule has 0 aliphatic carbocycles. The largest absolute Gasteiger partial charge is 0.478 e. The van der Waals surface area contributed by atoms with Crippen LogP contribution in [0.5, 0.6) is 0 Å². The topological polar surface area (TPSA) is 74.7 Å². The molecule has 2 amide bonds. The quantitative estimate of drug-likeness (QED) is 0.666. The van der Waals surface area contributed by atoms with Gasteiger partial charge in [0.1, 0.15) is 0 Å². The Labute approximate surface area is 83.0 Å². The van der Waals surface area contributed by atoms with Crippen molar-refractivity contribution in [2.75, 3.05) is 6.54 Å². The molecule has 0 saturated carbocycles. The van der Waals surface area contributed by atoms with E-state index in [4.69, 9.17) is 5.11 Å². The minimum absolute atomic E-state index is 0.190. The third-order valence-corrected chi connectivity index (χ3v) is 1.25. The molecular formula is C9H15NO4. The second-order valence-electron chi connectivity index (χ2n) is 2.32. The maximum atomic E-state index is 10.5. The Balaban J connectivity index is 0. The van der Waals surface area contributed by atoms with E-state index in [9.17, 15) is 14.4 Å². The second-order valence-corrected chi connectivity index (χ2v) is 2.32.